The Labute approximate surface area is 106 Å². The van der Waals surface area contributed by atoms with Crippen molar-refractivity contribution in [3.63, 3.8) is 0 Å². The Morgan fingerprint density at radius 2 is 2.11 bits per heavy atom. The highest BCUT2D eigenvalue weighted by Gasteiger charge is 2.41. The molecule has 1 heterocycles. The summed E-state index contributed by atoms with van der Waals surface area (Å²) in [5.74, 6) is 0.471. The molecule has 0 radical (unpaired) electrons. The van der Waals surface area contributed by atoms with Crippen molar-refractivity contribution in [2.45, 2.75) is 32.9 Å². The summed E-state index contributed by atoms with van der Waals surface area (Å²) in [6, 6.07) is 9.63. The molecule has 0 bridgehead atoms. The molecule has 1 N–H and O–H groups in total. The van der Waals surface area contributed by atoms with E-state index in [1.54, 1.807) is 5.01 Å². The number of hydrogen-bond donors (Lipinski definition) is 1. The summed E-state index contributed by atoms with van der Waals surface area (Å²) in [5, 5.41) is 5.78. The van der Waals surface area contributed by atoms with E-state index in [-0.39, 0.29) is 5.91 Å². The number of nitrogens with zero attached hydrogens (tertiary/aromatic N) is 2. The molecule has 0 aliphatic carbocycles. The predicted molar refractivity (Wildman–Crippen MR) is 68.4 cm³/mol. The number of amidine groups is 1. The summed E-state index contributed by atoms with van der Waals surface area (Å²) in [6.45, 7) is 5.34. The first-order chi connectivity index (χ1) is 8.57. The number of hydrogen-bond acceptors (Lipinski definition) is 4. The summed E-state index contributed by atoms with van der Waals surface area (Å²) < 4.78 is 0. The third kappa shape index (κ3) is 2.16. The Bertz CT molecular complexity index is 472. The average molecular weight is 247 g/mol. The minimum Gasteiger partial charge on any atom is -0.364 e. The van der Waals surface area contributed by atoms with Crippen LogP contribution in [0, 0.1) is 0 Å². The highest BCUT2D eigenvalue weighted by Crippen LogP contribution is 2.28. The second-order valence-electron chi connectivity index (χ2n) is 4.40. The van der Waals surface area contributed by atoms with Crippen molar-refractivity contribution in [1.29, 1.82) is 0 Å². The second kappa shape index (κ2) is 4.68. The van der Waals surface area contributed by atoms with Crippen LogP contribution in [-0.2, 0) is 9.63 Å². The van der Waals surface area contributed by atoms with Crippen molar-refractivity contribution in [3.05, 3.63) is 35.9 Å². The number of hydrazine groups is 1. The van der Waals surface area contributed by atoms with Gasteiger partial charge in [0.2, 0.25) is 11.6 Å². The lowest BCUT2D eigenvalue weighted by molar-refractivity contribution is -0.137. The van der Waals surface area contributed by atoms with Crippen LogP contribution in [0.4, 0.5) is 0 Å². The van der Waals surface area contributed by atoms with Gasteiger partial charge in [0.05, 0.1) is 0 Å². The second-order valence-corrected chi connectivity index (χ2v) is 4.40. The summed E-state index contributed by atoms with van der Waals surface area (Å²) in [7, 11) is 0. The lowest BCUT2D eigenvalue weighted by Crippen LogP contribution is -2.55. The Morgan fingerprint density at radius 3 is 2.67 bits per heavy atom. The molecule has 1 aliphatic heterocycles. The molecule has 0 spiro atoms. The first-order valence-corrected chi connectivity index (χ1v) is 5.96. The molecule has 18 heavy (non-hydrogen) atoms. The highest BCUT2D eigenvalue weighted by atomic mass is 16.7. The zero-order chi connectivity index (χ0) is 13.2. The van der Waals surface area contributed by atoms with E-state index in [2.05, 4.69) is 10.6 Å². The molecule has 5 nitrogen and oxygen atoms in total. The molecule has 0 aromatic heterocycles. The first-order valence-electron chi connectivity index (χ1n) is 5.96. The molecule has 1 atom stereocenters. The van der Waals surface area contributed by atoms with Crippen LogP contribution in [-0.4, -0.2) is 22.5 Å². The van der Waals surface area contributed by atoms with E-state index in [0.717, 1.165) is 5.56 Å². The number of nitrogens with one attached hydrogen (secondary N) is 1. The van der Waals surface area contributed by atoms with Gasteiger partial charge < -0.3 is 4.84 Å². The van der Waals surface area contributed by atoms with Gasteiger partial charge >= 0.3 is 0 Å². The molecule has 0 saturated carbocycles. The van der Waals surface area contributed by atoms with Crippen LogP contribution < -0.4 is 5.43 Å². The highest BCUT2D eigenvalue weighted by molar-refractivity contribution is 6.00. The Kier molecular flexibility index (Phi) is 3.23. The molecule has 5 heteroatoms. The van der Waals surface area contributed by atoms with Gasteiger partial charge in [-0.15, -0.1) is 0 Å². The summed E-state index contributed by atoms with van der Waals surface area (Å²) >= 11 is 0. The van der Waals surface area contributed by atoms with Crippen molar-refractivity contribution < 1.29 is 9.63 Å². The van der Waals surface area contributed by atoms with Crippen LogP contribution in [0.3, 0.4) is 0 Å². The van der Waals surface area contributed by atoms with Gasteiger partial charge in [0.25, 0.3) is 0 Å². The SMILES string of the molecule is CCC1(C)ON=C(c2ccccc2)N1NC(C)=O. The van der Waals surface area contributed by atoms with Crippen molar-refractivity contribution >= 4 is 11.7 Å². The van der Waals surface area contributed by atoms with Gasteiger partial charge in [-0.05, 0) is 6.92 Å². The molecule has 1 aliphatic rings. The van der Waals surface area contributed by atoms with Crippen LogP contribution in [0.1, 0.15) is 32.8 Å². The number of carbonyl (C=O) groups is 1. The largest absolute Gasteiger partial charge is 0.364 e. The monoisotopic (exact) mass is 247 g/mol. The van der Waals surface area contributed by atoms with Gasteiger partial charge in [0.1, 0.15) is 0 Å². The van der Waals surface area contributed by atoms with Gasteiger partial charge in [-0.1, -0.05) is 42.4 Å². The molecular weight excluding hydrogens is 230 g/mol. The summed E-state index contributed by atoms with van der Waals surface area (Å²) in [4.78, 5) is 16.8. The lowest BCUT2D eigenvalue weighted by atomic mass is 10.1. The molecule has 1 amide bonds. The minimum absolute atomic E-state index is 0.149. The van der Waals surface area contributed by atoms with Gasteiger partial charge in [0.15, 0.2) is 5.84 Å². The lowest BCUT2D eigenvalue weighted by Gasteiger charge is -2.32. The maximum atomic E-state index is 11.3. The zero-order valence-electron chi connectivity index (χ0n) is 10.8. The fourth-order valence-electron chi connectivity index (χ4n) is 1.77. The van der Waals surface area contributed by atoms with Gasteiger partial charge in [-0.3, -0.25) is 10.2 Å². The third-order valence-electron chi connectivity index (χ3n) is 2.97. The standard InChI is InChI=1S/C13H17N3O2/c1-4-13(3)16(14-10(2)17)12(15-18-13)11-8-6-5-7-9-11/h5-9H,4H2,1-3H3,(H,14,17). The van der Waals surface area contributed by atoms with Crippen LogP contribution >= 0.6 is 0 Å². The van der Waals surface area contributed by atoms with E-state index in [1.807, 2.05) is 44.2 Å². The van der Waals surface area contributed by atoms with Crippen molar-refractivity contribution in [2.24, 2.45) is 5.16 Å². The third-order valence-corrected chi connectivity index (χ3v) is 2.97. The molecule has 96 valence electrons. The van der Waals surface area contributed by atoms with Gasteiger partial charge in [-0.25, -0.2) is 5.01 Å². The number of carbonyl (C=O) groups excluding carboxylic acids is 1. The average Bonchev–Trinajstić information content (AvgIpc) is 2.69. The summed E-state index contributed by atoms with van der Waals surface area (Å²) in [5.41, 5.74) is 3.03. The number of oxime groups is 1. The van der Waals surface area contributed by atoms with Gasteiger partial charge in [0, 0.05) is 18.9 Å². The normalized spacial score (nSPS) is 22.4. The molecule has 1 aromatic rings. The molecule has 0 saturated heterocycles. The quantitative estimate of drug-likeness (QED) is 0.887. The van der Waals surface area contributed by atoms with E-state index >= 15 is 0 Å². The van der Waals surface area contributed by atoms with E-state index in [9.17, 15) is 4.79 Å². The van der Waals surface area contributed by atoms with Gasteiger partial charge in [-0.2, -0.15) is 0 Å². The maximum Gasteiger partial charge on any atom is 0.235 e. The zero-order valence-corrected chi connectivity index (χ0v) is 10.8. The predicted octanol–water partition coefficient (Wildman–Crippen LogP) is 1.86. The van der Waals surface area contributed by atoms with Crippen LogP contribution in [0.5, 0.6) is 0 Å². The molecule has 1 aromatic carbocycles. The number of amides is 1. The first kappa shape index (κ1) is 12.4. The minimum atomic E-state index is -0.642. The molecule has 0 fully saturated rings. The summed E-state index contributed by atoms with van der Waals surface area (Å²) in [6.07, 6.45) is 0.702. The fourth-order valence-corrected chi connectivity index (χ4v) is 1.77. The van der Waals surface area contributed by atoms with E-state index in [4.69, 9.17) is 4.84 Å². The van der Waals surface area contributed by atoms with Crippen molar-refractivity contribution in [1.82, 2.24) is 10.4 Å². The number of rotatable bonds is 3. The molecule has 2 rings (SSSR count). The smallest absolute Gasteiger partial charge is 0.235 e. The fraction of sp³-hybridized carbons (Fsp3) is 0.385. The van der Waals surface area contributed by atoms with Crippen LogP contribution in [0.2, 0.25) is 0 Å². The van der Waals surface area contributed by atoms with Crippen LogP contribution in [0.25, 0.3) is 0 Å². The topological polar surface area (TPSA) is 53.9 Å². The van der Waals surface area contributed by atoms with E-state index in [0.29, 0.717) is 12.3 Å². The molecular formula is C13H17N3O2. The van der Waals surface area contributed by atoms with E-state index < -0.39 is 5.72 Å². The van der Waals surface area contributed by atoms with Crippen LogP contribution in [0.15, 0.2) is 35.5 Å². The Balaban J connectivity index is 2.33. The number of benzene rings is 1. The maximum absolute atomic E-state index is 11.3. The Hall–Kier alpha value is -2.04. The molecule has 1 unspecified atom stereocenters. The van der Waals surface area contributed by atoms with Crippen molar-refractivity contribution in [2.75, 3.05) is 0 Å². The van der Waals surface area contributed by atoms with Crippen molar-refractivity contribution in [3.8, 4) is 0 Å². The van der Waals surface area contributed by atoms with E-state index in [1.165, 1.54) is 6.92 Å². The Morgan fingerprint density at radius 1 is 1.44 bits per heavy atom.